The Kier molecular flexibility index (Phi) is 5.75. The summed E-state index contributed by atoms with van der Waals surface area (Å²) in [4.78, 5) is 12.4. The second-order valence-corrected chi connectivity index (χ2v) is 11.0. The molecule has 1 unspecified atom stereocenters. The zero-order valence-electron chi connectivity index (χ0n) is 18.8. The van der Waals surface area contributed by atoms with Crippen molar-refractivity contribution < 1.29 is 18.3 Å². The number of rotatable bonds is 7. The molecule has 1 aliphatic carbocycles. The predicted octanol–water partition coefficient (Wildman–Crippen LogP) is 3.45. The molecule has 0 spiro atoms. The third-order valence-electron chi connectivity index (χ3n) is 6.30. The Balaban J connectivity index is 1.52. The van der Waals surface area contributed by atoms with Crippen LogP contribution in [0.3, 0.4) is 0 Å². The van der Waals surface area contributed by atoms with E-state index in [2.05, 4.69) is 25.6 Å². The maximum Gasteiger partial charge on any atom is 0.177 e. The van der Waals surface area contributed by atoms with Crippen LogP contribution in [0.2, 0.25) is 0 Å². The van der Waals surface area contributed by atoms with Crippen LogP contribution in [0.15, 0.2) is 29.2 Å². The summed E-state index contributed by atoms with van der Waals surface area (Å²) in [5.41, 5.74) is 3.26. The lowest BCUT2D eigenvalue weighted by molar-refractivity contribution is 0.0853. The fourth-order valence-corrected chi connectivity index (χ4v) is 5.20. The molecule has 3 aromatic rings. The molecule has 0 amide bonds. The van der Waals surface area contributed by atoms with Crippen molar-refractivity contribution in [2.75, 3.05) is 30.1 Å². The van der Waals surface area contributed by atoms with E-state index in [1.807, 2.05) is 19.1 Å². The minimum absolute atomic E-state index is 0.233. The Hall–Kier alpha value is -2.69. The summed E-state index contributed by atoms with van der Waals surface area (Å²) in [7, 11) is -3.49. The van der Waals surface area contributed by atoms with Gasteiger partial charge in [0.1, 0.15) is 23.4 Å². The Morgan fingerprint density at radius 3 is 2.58 bits per heavy atom. The minimum Gasteiger partial charge on any atom is -0.381 e. The molecule has 3 heterocycles. The van der Waals surface area contributed by atoms with Crippen LogP contribution in [0.4, 0.5) is 17.2 Å². The number of aliphatic hydroxyl groups is 1. The number of aromatic nitrogens is 3. The van der Waals surface area contributed by atoms with Crippen molar-refractivity contribution in [3.63, 3.8) is 0 Å². The summed E-state index contributed by atoms with van der Waals surface area (Å²) < 4.78 is 30.8. The fourth-order valence-electron chi connectivity index (χ4n) is 4.34. The number of sulfone groups is 1. The number of aromatic amines is 1. The number of aryl methyl sites for hydroxylation is 1. The van der Waals surface area contributed by atoms with Gasteiger partial charge < -0.3 is 25.5 Å². The summed E-state index contributed by atoms with van der Waals surface area (Å²) in [6.07, 6.45) is 4.29. The second kappa shape index (κ2) is 8.58. The van der Waals surface area contributed by atoms with Crippen LogP contribution in [0.25, 0.3) is 11.2 Å². The molecule has 2 aliphatic rings. The van der Waals surface area contributed by atoms with Crippen LogP contribution in [-0.2, 0) is 14.6 Å². The molecule has 4 N–H and O–H groups in total. The zero-order valence-corrected chi connectivity index (χ0v) is 19.6. The lowest BCUT2D eigenvalue weighted by Gasteiger charge is -2.23. The van der Waals surface area contributed by atoms with E-state index in [9.17, 15) is 13.5 Å². The average molecular weight is 472 g/mol. The van der Waals surface area contributed by atoms with Gasteiger partial charge in [-0.2, -0.15) is 0 Å². The highest BCUT2D eigenvalue weighted by molar-refractivity contribution is 7.90. The van der Waals surface area contributed by atoms with Gasteiger partial charge in [-0.1, -0.05) is 6.07 Å². The molecule has 9 nitrogen and oxygen atoms in total. The van der Waals surface area contributed by atoms with E-state index in [-0.39, 0.29) is 16.7 Å². The van der Waals surface area contributed by atoms with E-state index in [0.717, 1.165) is 31.2 Å². The van der Waals surface area contributed by atoms with E-state index in [1.54, 1.807) is 12.1 Å². The SMILES string of the molecule is Cc1nc2c(Nc3ccc(C4CCOCC4)cc3S(C)(=O)=O)cc(NC(O)C3CC3)nc2[nH]1. The average Bonchev–Trinajstić information content (AvgIpc) is 3.56. The highest BCUT2D eigenvalue weighted by Gasteiger charge is 2.30. The smallest absolute Gasteiger partial charge is 0.177 e. The van der Waals surface area contributed by atoms with Crippen LogP contribution in [0, 0.1) is 12.8 Å². The third kappa shape index (κ3) is 4.83. The summed E-state index contributed by atoms with van der Waals surface area (Å²) in [5, 5.41) is 16.7. The molecule has 5 rings (SSSR count). The fraction of sp³-hybridized carbons (Fsp3) is 0.478. The lowest BCUT2D eigenvalue weighted by Crippen LogP contribution is -2.21. The van der Waals surface area contributed by atoms with E-state index >= 15 is 0 Å². The highest BCUT2D eigenvalue weighted by atomic mass is 32.2. The number of benzene rings is 1. The van der Waals surface area contributed by atoms with Gasteiger partial charge in [0.2, 0.25) is 0 Å². The van der Waals surface area contributed by atoms with Gasteiger partial charge in [0.15, 0.2) is 15.5 Å². The number of nitrogens with zero attached hydrogens (tertiary/aromatic N) is 2. The maximum absolute atomic E-state index is 12.7. The van der Waals surface area contributed by atoms with Crippen molar-refractivity contribution in [3.8, 4) is 0 Å². The number of ether oxygens (including phenoxy) is 1. The molecule has 2 fully saturated rings. The molecule has 33 heavy (non-hydrogen) atoms. The summed E-state index contributed by atoms with van der Waals surface area (Å²) in [5.74, 6) is 1.71. The van der Waals surface area contributed by atoms with Crippen molar-refractivity contribution in [3.05, 3.63) is 35.7 Å². The van der Waals surface area contributed by atoms with Gasteiger partial charge in [0, 0.05) is 31.5 Å². The monoisotopic (exact) mass is 471 g/mol. The topological polar surface area (TPSA) is 129 Å². The molecule has 1 atom stereocenters. The van der Waals surface area contributed by atoms with E-state index in [4.69, 9.17) is 4.74 Å². The number of hydrogen-bond acceptors (Lipinski definition) is 8. The van der Waals surface area contributed by atoms with Crippen molar-refractivity contribution in [2.24, 2.45) is 5.92 Å². The molecular weight excluding hydrogens is 442 g/mol. The first-order valence-corrected chi connectivity index (χ1v) is 13.2. The molecule has 1 aliphatic heterocycles. The van der Waals surface area contributed by atoms with Crippen molar-refractivity contribution in [2.45, 2.75) is 49.6 Å². The third-order valence-corrected chi connectivity index (χ3v) is 7.44. The molecule has 1 saturated carbocycles. The summed E-state index contributed by atoms with van der Waals surface area (Å²) >= 11 is 0. The molecule has 1 saturated heterocycles. The molecule has 2 aromatic heterocycles. The van der Waals surface area contributed by atoms with Gasteiger partial charge >= 0.3 is 0 Å². The maximum atomic E-state index is 12.7. The van der Waals surface area contributed by atoms with Crippen LogP contribution < -0.4 is 10.6 Å². The van der Waals surface area contributed by atoms with Crippen molar-refractivity contribution >= 4 is 38.2 Å². The highest BCUT2D eigenvalue weighted by Crippen LogP contribution is 2.36. The zero-order chi connectivity index (χ0) is 23.2. The van der Waals surface area contributed by atoms with Crippen LogP contribution in [0.1, 0.15) is 43.0 Å². The number of fused-ring (bicyclic) bond motifs is 1. The van der Waals surface area contributed by atoms with Gasteiger partial charge in [-0.05, 0) is 56.2 Å². The van der Waals surface area contributed by atoms with Crippen LogP contribution >= 0.6 is 0 Å². The first kappa shape index (κ1) is 22.1. The molecule has 10 heteroatoms. The van der Waals surface area contributed by atoms with E-state index in [0.29, 0.717) is 47.4 Å². The number of anilines is 3. The number of hydrogen-bond donors (Lipinski definition) is 4. The van der Waals surface area contributed by atoms with Gasteiger partial charge in [-0.25, -0.2) is 18.4 Å². The quantitative estimate of drug-likeness (QED) is 0.386. The largest absolute Gasteiger partial charge is 0.381 e. The van der Waals surface area contributed by atoms with Crippen LogP contribution in [-0.4, -0.2) is 54.2 Å². The second-order valence-electron chi connectivity index (χ2n) is 9.04. The molecule has 0 bridgehead atoms. The van der Waals surface area contributed by atoms with Crippen LogP contribution in [0.5, 0.6) is 0 Å². The minimum atomic E-state index is -3.49. The molecule has 0 radical (unpaired) electrons. The van der Waals surface area contributed by atoms with Crippen molar-refractivity contribution in [1.29, 1.82) is 0 Å². The number of H-pyrrole nitrogens is 1. The standard InChI is InChI=1S/C23H29N5O4S/c1-13-24-21-18(12-20(27-22(21)25-13)28-23(29)15-3-4-15)26-17-6-5-16(11-19(17)33(2,30)31)14-7-9-32-10-8-14/h5-6,11-12,14-15,23,29H,3-4,7-10H2,1-2H3,(H3,24,25,26,27,28). The van der Waals surface area contributed by atoms with Crippen molar-refractivity contribution in [1.82, 2.24) is 15.0 Å². The lowest BCUT2D eigenvalue weighted by atomic mass is 9.91. The normalized spacial score (nSPS) is 18.4. The molecular formula is C23H29N5O4S. The first-order chi connectivity index (χ1) is 15.8. The first-order valence-electron chi connectivity index (χ1n) is 11.3. The Morgan fingerprint density at radius 2 is 1.88 bits per heavy atom. The number of nitrogens with one attached hydrogen (secondary N) is 3. The summed E-state index contributed by atoms with van der Waals surface area (Å²) in [6.45, 7) is 3.21. The van der Waals surface area contributed by atoms with E-state index < -0.39 is 16.1 Å². The van der Waals surface area contributed by atoms with E-state index in [1.165, 1.54) is 6.26 Å². The van der Waals surface area contributed by atoms with Gasteiger partial charge in [-0.3, -0.25) is 0 Å². The van der Waals surface area contributed by atoms with Gasteiger partial charge in [-0.15, -0.1) is 0 Å². The Morgan fingerprint density at radius 1 is 1.12 bits per heavy atom. The Bertz CT molecular complexity index is 1280. The predicted molar refractivity (Wildman–Crippen MR) is 127 cm³/mol. The van der Waals surface area contributed by atoms with Gasteiger partial charge in [0.25, 0.3) is 0 Å². The number of imidazole rings is 1. The number of pyridine rings is 1. The molecule has 1 aromatic carbocycles. The van der Waals surface area contributed by atoms with Gasteiger partial charge in [0.05, 0.1) is 16.3 Å². The summed E-state index contributed by atoms with van der Waals surface area (Å²) in [6, 6.07) is 7.33. The Labute approximate surface area is 192 Å². The molecule has 176 valence electrons. The number of aliphatic hydroxyl groups excluding tert-OH is 1.